The summed E-state index contributed by atoms with van der Waals surface area (Å²) in [7, 11) is 0. The first kappa shape index (κ1) is 15.8. The average Bonchev–Trinajstić information content (AvgIpc) is 2.41. The predicted molar refractivity (Wildman–Crippen MR) is 78.8 cm³/mol. The Kier molecular flexibility index (Phi) is 5.63. The van der Waals surface area contributed by atoms with E-state index in [0.29, 0.717) is 35.9 Å². The number of hydrogen-bond acceptors (Lipinski definition) is 3. The molecule has 1 aromatic carbocycles. The van der Waals surface area contributed by atoms with Crippen LogP contribution >= 0.6 is 11.6 Å². The van der Waals surface area contributed by atoms with Crippen molar-refractivity contribution >= 4 is 23.2 Å². The highest BCUT2D eigenvalue weighted by atomic mass is 35.5. The van der Waals surface area contributed by atoms with Crippen LogP contribution < -0.4 is 15.8 Å². The van der Waals surface area contributed by atoms with Crippen molar-refractivity contribution in [2.45, 2.75) is 39.2 Å². The number of amides is 1. The molecule has 0 bridgehead atoms. The average molecular weight is 285 g/mol. The standard InChI is InChI=1S/C14H21ClN2O2/c1-4-14(16,5-2)13(18)17-11-9-10(15)7-8-12(11)19-6-3/h7-9H,4-6,16H2,1-3H3,(H,17,18). The Morgan fingerprint density at radius 1 is 1.37 bits per heavy atom. The molecule has 0 unspecified atom stereocenters. The molecule has 1 rings (SSSR count). The van der Waals surface area contributed by atoms with Gasteiger partial charge >= 0.3 is 0 Å². The number of benzene rings is 1. The van der Waals surface area contributed by atoms with Gasteiger partial charge in [-0.2, -0.15) is 0 Å². The summed E-state index contributed by atoms with van der Waals surface area (Å²) in [5.74, 6) is 0.371. The number of carbonyl (C=O) groups is 1. The molecule has 0 aliphatic carbocycles. The van der Waals surface area contributed by atoms with E-state index >= 15 is 0 Å². The minimum atomic E-state index is -0.869. The molecule has 1 amide bonds. The molecule has 4 nitrogen and oxygen atoms in total. The van der Waals surface area contributed by atoms with Crippen LogP contribution in [-0.2, 0) is 4.79 Å². The molecule has 0 fully saturated rings. The summed E-state index contributed by atoms with van der Waals surface area (Å²) in [6.07, 6.45) is 1.14. The van der Waals surface area contributed by atoms with Gasteiger partial charge in [0.05, 0.1) is 17.8 Å². The molecule has 0 saturated heterocycles. The quantitative estimate of drug-likeness (QED) is 0.843. The lowest BCUT2D eigenvalue weighted by Gasteiger charge is -2.25. The summed E-state index contributed by atoms with van der Waals surface area (Å²) in [4.78, 5) is 12.2. The highest BCUT2D eigenvalue weighted by Gasteiger charge is 2.30. The molecule has 0 radical (unpaired) electrons. The highest BCUT2D eigenvalue weighted by molar-refractivity contribution is 6.31. The third kappa shape index (κ3) is 3.85. The lowest BCUT2D eigenvalue weighted by molar-refractivity contribution is -0.121. The molecular weight excluding hydrogens is 264 g/mol. The lowest BCUT2D eigenvalue weighted by atomic mass is 9.93. The minimum Gasteiger partial charge on any atom is -0.492 e. The fraction of sp³-hybridized carbons (Fsp3) is 0.500. The van der Waals surface area contributed by atoms with Crippen LogP contribution in [0.4, 0.5) is 5.69 Å². The Hall–Kier alpha value is -1.26. The van der Waals surface area contributed by atoms with Crippen molar-refractivity contribution in [3.8, 4) is 5.75 Å². The molecule has 0 spiro atoms. The van der Waals surface area contributed by atoms with Gasteiger partial charge in [0.25, 0.3) is 0 Å². The van der Waals surface area contributed by atoms with E-state index in [-0.39, 0.29) is 5.91 Å². The number of rotatable bonds is 6. The molecule has 0 heterocycles. The Bertz CT molecular complexity index is 445. The number of nitrogens with one attached hydrogen (secondary N) is 1. The van der Waals surface area contributed by atoms with Crippen LogP contribution in [0.5, 0.6) is 5.75 Å². The molecule has 0 saturated carbocycles. The van der Waals surface area contributed by atoms with Crippen molar-refractivity contribution in [3.05, 3.63) is 23.2 Å². The van der Waals surface area contributed by atoms with Gasteiger partial charge in [-0.3, -0.25) is 4.79 Å². The second-order valence-corrected chi connectivity index (χ2v) is 4.83. The summed E-state index contributed by atoms with van der Waals surface area (Å²) in [6.45, 7) is 6.18. The fourth-order valence-electron chi connectivity index (χ4n) is 1.70. The van der Waals surface area contributed by atoms with Gasteiger partial charge in [-0.15, -0.1) is 0 Å². The minimum absolute atomic E-state index is 0.222. The van der Waals surface area contributed by atoms with Gasteiger partial charge < -0.3 is 15.8 Å². The Morgan fingerprint density at radius 2 is 2.00 bits per heavy atom. The third-order valence-electron chi connectivity index (χ3n) is 3.20. The monoisotopic (exact) mass is 284 g/mol. The highest BCUT2D eigenvalue weighted by Crippen LogP contribution is 2.29. The normalized spacial score (nSPS) is 11.2. The first-order valence-corrected chi connectivity index (χ1v) is 6.87. The zero-order valence-corrected chi connectivity index (χ0v) is 12.4. The Balaban J connectivity index is 2.98. The van der Waals surface area contributed by atoms with Crippen LogP contribution in [0.3, 0.4) is 0 Å². The van der Waals surface area contributed by atoms with Crippen LogP contribution in [0, 0.1) is 0 Å². The van der Waals surface area contributed by atoms with E-state index in [4.69, 9.17) is 22.1 Å². The molecule has 0 aromatic heterocycles. The van der Waals surface area contributed by atoms with Crippen molar-refractivity contribution in [2.24, 2.45) is 5.73 Å². The smallest absolute Gasteiger partial charge is 0.244 e. The molecule has 0 atom stereocenters. The molecule has 19 heavy (non-hydrogen) atoms. The molecular formula is C14H21ClN2O2. The van der Waals surface area contributed by atoms with Gasteiger partial charge in [0, 0.05) is 5.02 Å². The maximum absolute atomic E-state index is 12.2. The maximum Gasteiger partial charge on any atom is 0.244 e. The van der Waals surface area contributed by atoms with Crippen molar-refractivity contribution < 1.29 is 9.53 Å². The van der Waals surface area contributed by atoms with Crippen molar-refractivity contribution in [3.63, 3.8) is 0 Å². The number of halogens is 1. The van der Waals surface area contributed by atoms with E-state index in [0.717, 1.165) is 0 Å². The summed E-state index contributed by atoms with van der Waals surface area (Å²) in [5, 5.41) is 3.34. The largest absolute Gasteiger partial charge is 0.492 e. The maximum atomic E-state index is 12.2. The fourth-order valence-corrected chi connectivity index (χ4v) is 1.87. The van der Waals surface area contributed by atoms with Crippen LogP contribution in [0.25, 0.3) is 0 Å². The van der Waals surface area contributed by atoms with Crippen LogP contribution in [0.1, 0.15) is 33.6 Å². The Labute approximate surface area is 119 Å². The number of nitrogens with two attached hydrogens (primary N) is 1. The topological polar surface area (TPSA) is 64.3 Å². The zero-order chi connectivity index (χ0) is 14.5. The second kappa shape index (κ2) is 6.78. The molecule has 0 aliphatic rings. The van der Waals surface area contributed by atoms with Crippen molar-refractivity contribution in [2.75, 3.05) is 11.9 Å². The SMILES string of the molecule is CCOc1ccc(Cl)cc1NC(=O)C(N)(CC)CC. The number of carbonyl (C=O) groups excluding carboxylic acids is 1. The first-order valence-electron chi connectivity index (χ1n) is 6.49. The van der Waals surface area contributed by atoms with Crippen LogP contribution in [0.2, 0.25) is 5.02 Å². The summed E-state index contributed by atoms with van der Waals surface area (Å²) in [6, 6.07) is 5.12. The van der Waals surface area contributed by atoms with Gasteiger partial charge in [0.15, 0.2) is 0 Å². The van der Waals surface area contributed by atoms with Gasteiger partial charge in [0.2, 0.25) is 5.91 Å². The van der Waals surface area contributed by atoms with Gasteiger partial charge in [0.1, 0.15) is 5.75 Å². The number of anilines is 1. The number of ether oxygens (including phenoxy) is 1. The molecule has 3 N–H and O–H groups in total. The first-order chi connectivity index (χ1) is 8.96. The van der Waals surface area contributed by atoms with E-state index < -0.39 is 5.54 Å². The van der Waals surface area contributed by atoms with Crippen LogP contribution in [-0.4, -0.2) is 18.1 Å². The third-order valence-corrected chi connectivity index (χ3v) is 3.44. The Morgan fingerprint density at radius 3 is 2.53 bits per heavy atom. The van der Waals surface area contributed by atoms with E-state index in [9.17, 15) is 4.79 Å². The van der Waals surface area contributed by atoms with Crippen LogP contribution in [0.15, 0.2) is 18.2 Å². The van der Waals surface area contributed by atoms with E-state index in [1.807, 2.05) is 20.8 Å². The van der Waals surface area contributed by atoms with E-state index in [2.05, 4.69) is 5.32 Å². The summed E-state index contributed by atoms with van der Waals surface area (Å²) in [5.41, 5.74) is 5.75. The van der Waals surface area contributed by atoms with Crippen molar-refractivity contribution in [1.82, 2.24) is 0 Å². The summed E-state index contributed by atoms with van der Waals surface area (Å²) >= 11 is 5.94. The van der Waals surface area contributed by atoms with Gasteiger partial charge in [-0.05, 0) is 38.0 Å². The van der Waals surface area contributed by atoms with Gasteiger partial charge in [-0.1, -0.05) is 25.4 Å². The van der Waals surface area contributed by atoms with E-state index in [1.54, 1.807) is 18.2 Å². The summed E-state index contributed by atoms with van der Waals surface area (Å²) < 4.78 is 5.46. The molecule has 0 aliphatic heterocycles. The molecule has 5 heteroatoms. The van der Waals surface area contributed by atoms with Gasteiger partial charge in [-0.25, -0.2) is 0 Å². The zero-order valence-electron chi connectivity index (χ0n) is 11.6. The predicted octanol–water partition coefficient (Wildman–Crippen LogP) is 3.19. The molecule has 106 valence electrons. The van der Waals surface area contributed by atoms with E-state index in [1.165, 1.54) is 0 Å². The number of hydrogen-bond donors (Lipinski definition) is 2. The second-order valence-electron chi connectivity index (χ2n) is 4.39. The molecule has 1 aromatic rings. The lowest BCUT2D eigenvalue weighted by Crippen LogP contribution is -2.50. The van der Waals surface area contributed by atoms with Crippen molar-refractivity contribution in [1.29, 1.82) is 0 Å².